The zero-order valence-corrected chi connectivity index (χ0v) is 19.4. The first-order valence-electron chi connectivity index (χ1n) is 11.2. The summed E-state index contributed by atoms with van der Waals surface area (Å²) in [6.45, 7) is 6.35. The van der Waals surface area contributed by atoms with Crippen LogP contribution < -0.4 is 9.47 Å². The van der Waals surface area contributed by atoms with Crippen molar-refractivity contribution in [3.8, 4) is 11.5 Å². The Balaban J connectivity index is 1.36. The molecule has 0 bridgehead atoms. The largest absolute Gasteiger partial charge is 0.493 e. The third-order valence-electron chi connectivity index (χ3n) is 6.00. The molecule has 1 atom stereocenters. The topological polar surface area (TPSA) is 24.9 Å². The van der Waals surface area contributed by atoms with Crippen LogP contribution >= 0.6 is 11.6 Å². The van der Waals surface area contributed by atoms with E-state index in [-0.39, 0.29) is 6.10 Å². The van der Waals surface area contributed by atoms with Crippen LogP contribution in [0.3, 0.4) is 0 Å². The minimum absolute atomic E-state index is 0.0640. The van der Waals surface area contributed by atoms with Crippen LogP contribution in [0.1, 0.15) is 23.7 Å². The van der Waals surface area contributed by atoms with Gasteiger partial charge in [-0.25, -0.2) is 0 Å². The number of hydrogen-bond donors (Lipinski definition) is 0. The van der Waals surface area contributed by atoms with Crippen LogP contribution in [0.15, 0.2) is 78.9 Å². The number of halogens is 1. The summed E-state index contributed by atoms with van der Waals surface area (Å²) in [5.74, 6) is 1.52. The van der Waals surface area contributed by atoms with Gasteiger partial charge in [0, 0.05) is 50.7 Å². The molecule has 1 fully saturated rings. The Morgan fingerprint density at radius 3 is 2.09 bits per heavy atom. The molecule has 0 N–H and O–H groups in total. The molecular weight excluding hydrogens is 420 g/mol. The summed E-state index contributed by atoms with van der Waals surface area (Å²) < 4.78 is 11.9. The van der Waals surface area contributed by atoms with E-state index in [0.29, 0.717) is 0 Å². The van der Waals surface area contributed by atoms with Crippen LogP contribution in [0, 0.1) is 0 Å². The lowest BCUT2D eigenvalue weighted by Crippen LogP contribution is -2.46. The number of methoxy groups -OCH3 is 1. The number of para-hydroxylation sites is 2. The Kier molecular flexibility index (Phi) is 8.05. The molecule has 168 valence electrons. The Morgan fingerprint density at radius 1 is 0.781 bits per heavy atom. The van der Waals surface area contributed by atoms with Crippen LogP contribution in [0.2, 0.25) is 5.02 Å². The van der Waals surface area contributed by atoms with Gasteiger partial charge in [0.25, 0.3) is 0 Å². The lowest BCUT2D eigenvalue weighted by Gasteiger charge is -2.35. The molecule has 1 aliphatic rings. The van der Waals surface area contributed by atoms with E-state index in [4.69, 9.17) is 21.1 Å². The summed E-state index contributed by atoms with van der Waals surface area (Å²) >= 11 is 6.12. The number of nitrogens with zero attached hydrogens (tertiary/aromatic N) is 2. The number of piperazine rings is 1. The van der Waals surface area contributed by atoms with Crippen molar-refractivity contribution in [1.82, 2.24) is 9.80 Å². The Bertz CT molecular complexity index is 957. The molecule has 3 aromatic carbocycles. The standard InChI is InChI=1S/C27H31ClN2O2/c1-31-26-9-5-6-10-27(26)32-25(23-11-13-24(28)14-12-23)15-16-29-17-19-30(20-18-29)21-22-7-3-2-4-8-22/h2-14,25H,15-21H2,1H3/t25-/m1/s1. The first kappa shape index (κ1) is 22.7. The second kappa shape index (κ2) is 11.4. The van der Waals surface area contributed by atoms with Gasteiger partial charge in [0.1, 0.15) is 6.10 Å². The van der Waals surface area contributed by atoms with Gasteiger partial charge in [0.2, 0.25) is 0 Å². The maximum absolute atomic E-state index is 6.45. The molecule has 5 heteroatoms. The van der Waals surface area contributed by atoms with Crippen molar-refractivity contribution in [2.45, 2.75) is 19.1 Å². The molecule has 4 nitrogen and oxygen atoms in total. The molecule has 0 unspecified atom stereocenters. The van der Waals surface area contributed by atoms with Crippen LogP contribution in [0.5, 0.6) is 11.5 Å². The lowest BCUT2D eigenvalue weighted by molar-refractivity contribution is 0.106. The summed E-state index contributed by atoms with van der Waals surface area (Å²) in [6, 6.07) is 26.5. The molecular formula is C27H31ClN2O2. The van der Waals surface area contributed by atoms with E-state index >= 15 is 0 Å². The molecule has 0 amide bonds. The fourth-order valence-electron chi connectivity index (χ4n) is 4.15. The first-order valence-corrected chi connectivity index (χ1v) is 11.6. The van der Waals surface area contributed by atoms with Crippen molar-refractivity contribution in [2.75, 3.05) is 39.8 Å². The van der Waals surface area contributed by atoms with Gasteiger partial charge >= 0.3 is 0 Å². The minimum atomic E-state index is -0.0640. The minimum Gasteiger partial charge on any atom is -0.493 e. The van der Waals surface area contributed by atoms with Gasteiger partial charge in [0.15, 0.2) is 11.5 Å². The molecule has 0 spiro atoms. The van der Waals surface area contributed by atoms with Crippen LogP contribution in [0.4, 0.5) is 0 Å². The van der Waals surface area contributed by atoms with E-state index in [2.05, 4.69) is 52.3 Å². The molecule has 4 rings (SSSR count). The third kappa shape index (κ3) is 6.26. The molecule has 1 heterocycles. The summed E-state index contributed by atoms with van der Waals surface area (Å²) in [6.07, 6.45) is 0.837. The summed E-state index contributed by atoms with van der Waals surface area (Å²) in [5.41, 5.74) is 2.51. The predicted molar refractivity (Wildman–Crippen MR) is 131 cm³/mol. The molecule has 0 aliphatic carbocycles. The quantitative estimate of drug-likeness (QED) is 0.419. The van der Waals surface area contributed by atoms with Crippen molar-refractivity contribution >= 4 is 11.6 Å². The monoisotopic (exact) mass is 450 g/mol. The second-order valence-corrected chi connectivity index (χ2v) is 8.64. The van der Waals surface area contributed by atoms with E-state index in [9.17, 15) is 0 Å². The Morgan fingerprint density at radius 2 is 1.41 bits per heavy atom. The molecule has 32 heavy (non-hydrogen) atoms. The fourth-order valence-corrected chi connectivity index (χ4v) is 4.28. The van der Waals surface area contributed by atoms with Crippen molar-refractivity contribution in [2.24, 2.45) is 0 Å². The number of ether oxygens (including phenoxy) is 2. The average molecular weight is 451 g/mol. The van der Waals surface area contributed by atoms with Crippen molar-refractivity contribution in [3.05, 3.63) is 95.0 Å². The van der Waals surface area contributed by atoms with E-state index in [0.717, 1.165) is 67.8 Å². The number of hydrogen-bond acceptors (Lipinski definition) is 4. The molecule has 1 aliphatic heterocycles. The Labute approximate surface area is 196 Å². The van der Waals surface area contributed by atoms with Crippen LogP contribution in [0.25, 0.3) is 0 Å². The average Bonchev–Trinajstić information content (AvgIpc) is 2.84. The zero-order chi connectivity index (χ0) is 22.2. The van der Waals surface area contributed by atoms with Crippen molar-refractivity contribution in [1.29, 1.82) is 0 Å². The Hall–Kier alpha value is -2.53. The van der Waals surface area contributed by atoms with Gasteiger partial charge < -0.3 is 14.4 Å². The van der Waals surface area contributed by atoms with E-state index in [1.165, 1.54) is 5.56 Å². The lowest BCUT2D eigenvalue weighted by atomic mass is 10.1. The zero-order valence-electron chi connectivity index (χ0n) is 18.6. The predicted octanol–water partition coefficient (Wildman–Crippen LogP) is 5.68. The van der Waals surface area contributed by atoms with Crippen LogP contribution in [-0.4, -0.2) is 49.6 Å². The third-order valence-corrected chi connectivity index (χ3v) is 6.25. The highest BCUT2D eigenvalue weighted by Crippen LogP contribution is 2.32. The highest BCUT2D eigenvalue weighted by molar-refractivity contribution is 6.30. The van der Waals surface area contributed by atoms with Gasteiger partial charge in [0.05, 0.1) is 7.11 Å². The molecule has 0 saturated carbocycles. The summed E-state index contributed by atoms with van der Waals surface area (Å²) in [5, 5.41) is 0.735. The van der Waals surface area contributed by atoms with Crippen LogP contribution in [-0.2, 0) is 6.54 Å². The highest BCUT2D eigenvalue weighted by Gasteiger charge is 2.21. The summed E-state index contributed by atoms with van der Waals surface area (Å²) in [7, 11) is 1.68. The van der Waals surface area contributed by atoms with Crippen molar-refractivity contribution in [3.63, 3.8) is 0 Å². The van der Waals surface area contributed by atoms with Gasteiger partial charge in [-0.15, -0.1) is 0 Å². The van der Waals surface area contributed by atoms with Gasteiger partial charge in [-0.2, -0.15) is 0 Å². The molecule has 1 saturated heterocycles. The number of benzene rings is 3. The second-order valence-electron chi connectivity index (χ2n) is 8.20. The smallest absolute Gasteiger partial charge is 0.162 e. The van der Waals surface area contributed by atoms with E-state index in [1.54, 1.807) is 7.11 Å². The highest BCUT2D eigenvalue weighted by atomic mass is 35.5. The maximum Gasteiger partial charge on any atom is 0.162 e. The number of rotatable bonds is 9. The maximum atomic E-state index is 6.45. The van der Waals surface area contributed by atoms with Gasteiger partial charge in [-0.3, -0.25) is 4.90 Å². The molecule has 0 aromatic heterocycles. The summed E-state index contributed by atoms with van der Waals surface area (Å²) in [4.78, 5) is 5.07. The van der Waals surface area contributed by atoms with E-state index in [1.807, 2.05) is 36.4 Å². The fraction of sp³-hybridized carbons (Fsp3) is 0.333. The molecule has 0 radical (unpaired) electrons. The SMILES string of the molecule is COc1ccccc1O[C@H](CCN1CCN(Cc2ccccc2)CC1)c1ccc(Cl)cc1. The van der Waals surface area contributed by atoms with Crippen molar-refractivity contribution < 1.29 is 9.47 Å². The van der Waals surface area contributed by atoms with Gasteiger partial charge in [-0.05, 0) is 35.4 Å². The van der Waals surface area contributed by atoms with E-state index < -0.39 is 0 Å². The normalized spacial score (nSPS) is 15.9. The first-order chi connectivity index (χ1) is 15.7. The van der Waals surface area contributed by atoms with Gasteiger partial charge in [-0.1, -0.05) is 66.2 Å². The molecule has 3 aromatic rings.